The second-order valence-corrected chi connectivity index (χ2v) is 2.79. The molecule has 74 valence electrons. The summed E-state index contributed by atoms with van der Waals surface area (Å²) in [6.45, 7) is 3.09. The zero-order valence-electron chi connectivity index (χ0n) is 7.71. The van der Waals surface area contributed by atoms with Crippen LogP contribution in [0, 0.1) is 0 Å². The van der Waals surface area contributed by atoms with E-state index < -0.39 is 6.09 Å². The summed E-state index contributed by atoms with van der Waals surface area (Å²) in [7, 11) is 0. The van der Waals surface area contributed by atoms with E-state index in [-0.39, 0.29) is 6.03 Å². The van der Waals surface area contributed by atoms with Crippen molar-refractivity contribution in [2.45, 2.75) is 19.8 Å². The highest BCUT2D eigenvalue weighted by Crippen LogP contribution is 2.03. The SMILES string of the molecule is CCOC(=O)N1CCCCNC1=O. The lowest BCUT2D eigenvalue weighted by Crippen LogP contribution is -2.42. The van der Waals surface area contributed by atoms with E-state index in [0.29, 0.717) is 19.7 Å². The van der Waals surface area contributed by atoms with Crippen molar-refractivity contribution >= 4 is 12.1 Å². The smallest absolute Gasteiger partial charge is 0.417 e. The molecule has 1 heterocycles. The minimum absolute atomic E-state index is 0.294. The molecule has 0 saturated carbocycles. The first-order valence-corrected chi connectivity index (χ1v) is 4.48. The molecule has 5 heteroatoms. The summed E-state index contributed by atoms with van der Waals surface area (Å²) >= 11 is 0. The standard InChI is InChI=1S/C8H14N2O3/c1-2-13-8(12)10-6-4-3-5-9-7(10)11/h2-6H2,1H3,(H,9,11). The van der Waals surface area contributed by atoms with Gasteiger partial charge in [-0.15, -0.1) is 0 Å². The third-order valence-electron chi connectivity index (χ3n) is 1.82. The molecule has 1 N–H and O–H groups in total. The van der Waals surface area contributed by atoms with Gasteiger partial charge < -0.3 is 10.1 Å². The fraction of sp³-hybridized carbons (Fsp3) is 0.750. The van der Waals surface area contributed by atoms with Gasteiger partial charge in [-0.3, -0.25) is 0 Å². The maximum absolute atomic E-state index is 11.2. The molecule has 3 amide bonds. The monoisotopic (exact) mass is 186 g/mol. The van der Waals surface area contributed by atoms with Gasteiger partial charge in [0.1, 0.15) is 0 Å². The first-order valence-electron chi connectivity index (χ1n) is 4.48. The molecule has 1 fully saturated rings. The molecule has 13 heavy (non-hydrogen) atoms. The lowest BCUT2D eigenvalue weighted by molar-refractivity contribution is 0.115. The van der Waals surface area contributed by atoms with Gasteiger partial charge in [-0.1, -0.05) is 0 Å². The number of rotatable bonds is 1. The number of hydrogen-bond donors (Lipinski definition) is 1. The highest BCUT2D eigenvalue weighted by atomic mass is 16.6. The van der Waals surface area contributed by atoms with Crippen molar-refractivity contribution in [2.75, 3.05) is 19.7 Å². The van der Waals surface area contributed by atoms with Crippen molar-refractivity contribution in [2.24, 2.45) is 0 Å². The molecule has 0 unspecified atom stereocenters. The molecule has 1 aliphatic heterocycles. The number of carbonyl (C=O) groups excluding carboxylic acids is 2. The fourth-order valence-corrected chi connectivity index (χ4v) is 1.16. The number of amides is 3. The Balaban J connectivity index is 2.53. The number of nitrogens with one attached hydrogen (secondary N) is 1. The highest BCUT2D eigenvalue weighted by Gasteiger charge is 2.23. The number of urea groups is 1. The van der Waals surface area contributed by atoms with Crippen LogP contribution in [-0.4, -0.2) is 36.7 Å². The van der Waals surface area contributed by atoms with Crippen molar-refractivity contribution in [1.82, 2.24) is 10.2 Å². The average Bonchev–Trinajstić information content (AvgIpc) is 2.30. The van der Waals surface area contributed by atoms with Crippen LogP contribution in [0.4, 0.5) is 9.59 Å². The molecule has 0 radical (unpaired) electrons. The third kappa shape index (κ3) is 2.61. The first-order chi connectivity index (χ1) is 6.25. The zero-order chi connectivity index (χ0) is 9.68. The highest BCUT2D eigenvalue weighted by molar-refractivity contribution is 5.90. The van der Waals surface area contributed by atoms with Gasteiger partial charge in [-0.2, -0.15) is 0 Å². The zero-order valence-corrected chi connectivity index (χ0v) is 7.71. The van der Waals surface area contributed by atoms with Gasteiger partial charge in [-0.05, 0) is 19.8 Å². The number of ether oxygens (including phenoxy) is 1. The van der Waals surface area contributed by atoms with Gasteiger partial charge in [0, 0.05) is 13.1 Å². The number of carbonyl (C=O) groups is 2. The van der Waals surface area contributed by atoms with Crippen molar-refractivity contribution in [1.29, 1.82) is 0 Å². The predicted molar refractivity (Wildman–Crippen MR) is 46.4 cm³/mol. The van der Waals surface area contributed by atoms with Gasteiger partial charge in [-0.25, -0.2) is 14.5 Å². The van der Waals surface area contributed by atoms with Crippen LogP contribution in [0.3, 0.4) is 0 Å². The molecule has 1 aliphatic rings. The molecular weight excluding hydrogens is 172 g/mol. The summed E-state index contributed by atoms with van der Waals surface area (Å²) in [5.41, 5.74) is 0. The summed E-state index contributed by atoms with van der Waals surface area (Å²) in [5.74, 6) is 0. The average molecular weight is 186 g/mol. The quantitative estimate of drug-likeness (QED) is 0.663. The van der Waals surface area contributed by atoms with E-state index >= 15 is 0 Å². The van der Waals surface area contributed by atoms with Gasteiger partial charge in [0.2, 0.25) is 0 Å². The number of imide groups is 1. The lowest BCUT2D eigenvalue weighted by atomic mass is 10.3. The first kappa shape index (κ1) is 9.83. The van der Waals surface area contributed by atoms with Crippen LogP contribution in [-0.2, 0) is 4.74 Å². The minimum Gasteiger partial charge on any atom is -0.449 e. The second kappa shape index (κ2) is 4.69. The summed E-state index contributed by atoms with van der Waals surface area (Å²) in [6.07, 6.45) is 1.18. The molecule has 0 spiro atoms. The van der Waals surface area contributed by atoms with Gasteiger partial charge >= 0.3 is 12.1 Å². The Hall–Kier alpha value is -1.26. The van der Waals surface area contributed by atoms with Crippen LogP contribution >= 0.6 is 0 Å². The van der Waals surface area contributed by atoms with E-state index in [2.05, 4.69) is 5.32 Å². The van der Waals surface area contributed by atoms with Crippen LogP contribution in [0.2, 0.25) is 0 Å². The number of nitrogens with zero attached hydrogens (tertiary/aromatic N) is 1. The topological polar surface area (TPSA) is 58.6 Å². The molecular formula is C8H14N2O3. The lowest BCUT2D eigenvalue weighted by Gasteiger charge is -2.16. The summed E-state index contributed by atoms with van der Waals surface area (Å²) < 4.78 is 4.73. The van der Waals surface area contributed by atoms with Gasteiger partial charge in [0.05, 0.1) is 6.61 Å². The van der Waals surface area contributed by atoms with Crippen LogP contribution < -0.4 is 5.32 Å². The largest absolute Gasteiger partial charge is 0.449 e. The Morgan fingerprint density at radius 3 is 3.08 bits per heavy atom. The normalized spacial score (nSPS) is 17.6. The van der Waals surface area contributed by atoms with E-state index in [0.717, 1.165) is 17.7 Å². The number of hydrogen-bond acceptors (Lipinski definition) is 3. The van der Waals surface area contributed by atoms with E-state index in [9.17, 15) is 9.59 Å². The molecule has 0 aromatic heterocycles. The van der Waals surface area contributed by atoms with Crippen molar-refractivity contribution in [3.63, 3.8) is 0 Å². The molecule has 5 nitrogen and oxygen atoms in total. The fourth-order valence-electron chi connectivity index (χ4n) is 1.16. The summed E-state index contributed by atoms with van der Waals surface area (Å²) in [4.78, 5) is 23.6. The Morgan fingerprint density at radius 2 is 2.38 bits per heavy atom. The van der Waals surface area contributed by atoms with Crippen molar-refractivity contribution < 1.29 is 14.3 Å². The van der Waals surface area contributed by atoms with Crippen LogP contribution in [0.1, 0.15) is 19.8 Å². The summed E-state index contributed by atoms with van der Waals surface area (Å²) in [5, 5.41) is 2.62. The molecule has 1 rings (SSSR count). The van der Waals surface area contributed by atoms with Crippen molar-refractivity contribution in [3.05, 3.63) is 0 Å². The summed E-state index contributed by atoms with van der Waals surface area (Å²) in [6, 6.07) is -0.351. The molecule has 0 aromatic rings. The van der Waals surface area contributed by atoms with Gasteiger partial charge in [0.25, 0.3) is 0 Å². The van der Waals surface area contributed by atoms with Crippen LogP contribution in [0.15, 0.2) is 0 Å². The predicted octanol–water partition coefficient (Wildman–Crippen LogP) is 0.948. The Morgan fingerprint density at radius 1 is 1.62 bits per heavy atom. The second-order valence-electron chi connectivity index (χ2n) is 2.79. The Labute approximate surface area is 77.0 Å². The molecule has 0 bridgehead atoms. The molecule has 0 aromatic carbocycles. The van der Waals surface area contributed by atoms with Crippen LogP contribution in [0.25, 0.3) is 0 Å². The van der Waals surface area contributed by atoms with Gasteiger partial charge in [0.15, 0.2) is 0 Å². The van der Waals surface area contributed by atoms with E-state index in [4.69, 9.17) is 4.74 Å². The van der Waals surface area contributed by atoms with E-state index in [1.54, 1.807) is 6.92 Å². The maximum atomic E-state index is 11.2. The minimum atomic E-state index is -0.554. The Bertz CT molecular complexity index is 206. The molecule has 0 aliphatic carbocycles. The third-order valence-corrected chi connectivity index (χ3v) is 1.82. The Kier molecular flexibility index (Phi) is 3.54. The van der Waals surface area contributed by atoms with E-state index in [1.165, 1.54) is 0 Å². The molecule has 1 saturated heterocycles. The van der Waals surface area contributed by atoms with E-state index in [1.807, 2.05) is 0 Å². The van der Waals surface area contributed by atoms with Crippen LogP contribution in [0.5, 0.6) is 0 Å². The molecule has 0 atom stereocenters. The van der Waals surface area contributed by atoms with Crippen molar-refractivity contribution in [3.8, 4) is 0 Å². The maximum Gasteiger partial charge on any atom is 0.417 e.